The number of halogens is 3. The molecule has 6 heteroatoms. The van der Waals surface area contributed by atoms with Crippen molar-refractivity contribution in [1.82, 2.24) is 0 Å². The van der Waals surface area contributed by atoms with E-state index in [9.17, 15) is 18.0 Å². The molecule has 1 aromatic rings. The lowest BCUT2D eigenvalue weighted by Crippen LogP contribution is -2.38. The molecule has 1 atom stereocenters. The summed E-state index contributed by atoms with van der Waals surface area (Å²) in [4.78, 5) is 13.4. The number of benzene rings is 1. The van der Waals surface area contributed by atoms with Crippen LogP contribution in [0.15, 0.2) is 24.3 Å². The van der Waals surface area contributed by atoms with Crippen molar-refractivity contribution in [3.8, 4) is 0 Å². The molecule has 0 radical (unpaired) electrons. The van der Waals surface area contributed by atoms with E-state index < -0.39 is 25.3 Å². The van der Waals surface area contributed by atoms with E-state index in [4.69, 9.17) is 0 Å². The fraction of sp³-hybridized carbons (Fsp3) is 0.462. The molecule has 1 amide bonds. The Morgan fingerprint density at radius 1 is 1.42 bits per heavy atom. The van der Waals surface area contributed by atoms with Gasteiger partial charge in [-0.1, -0.05) is 18.2 Å². The third kappa shape index (κ3) is 3.26. The van der Waals surface area contributed by atoms with Crippen LogP contribution in [0.25, 0.3) is 0 Å². The normalized spacial score (nSPS) is 18.5. The largest absolute Gasteiger partial charge is 0.411 e. The first-order valence-corrected chi connectivity index (χ1v) is 5.93. The summed E-state index contributed by atoms with van der Waals surface area (Å²) in [6, 6.07) is 7.32. The van der Waals surface area contributed by atoms with Gasteiger partial charge in [0.05, 0.1) is 0 Å². The quantitative estimate of drug-likeness (QED) is 0.847. The monoisotopic (exact) mass is 273 g/mol. The van der Waals surface area contributed by atoms with Gasteiger partial charge in [-0.25, -0.2) is 0 Å². The van der Waals surface area contributed by atoms with E-state index in [1.165, 1.54) is 4.90 Å². The second kappa shape index (κ2) is 5.21. The maximum atomic E-state index is 11.9. The lowest BCUT2D eigenvalue weighted by atomic mass is 10.1. The number of carbonyl (C=O) groups excluding carboxylic acids is 1. The molecule has 0 spiro atoms. The van der Waals surface area contributed by atoms with E-state index >= 15 is 0 Å². The van der Waals surface area contributed by atoms with Gasteiger partial charge in [0.15, 0.2) is 0 Å². The molecule has 0 aliphatic carbocycles. The smallest absolute Gasteiger partial charge is 0.362 e. The van der Waals surface area contributed by atoms with Gasteiger partial charge in [0, 0.05) is 11.7 Å². The van der Waals surface area contributed by atoms with Crippen LogP contribution in [-0.2, 0) is 16.0 Å². The molecule has 0 bridgehead atoms. The van der Waals surface area contributed by atoms with Gasteiger partial charge < -0.3 is 9.64 Å². The fourth-order valence-electron chi connectivity index (χ4n) is 2.27. The van der Waals surface area contributed by atoms with Gasteiger partial charge in [0.25, 0.3) is 5.91 Å². The minimum Gasteiger partial charge on any atom is -0.362 e. The third-order valence-corrected chi connectivity index (χ3v) is 2.97. The predicted molar refractivity (Wildman–Crippen MR) is 64.0 cm³/mol. The van der Waals surface area contributed by atoms with Crippen molar-refractivity contribution >= 4 is 11.6 Å². The molecule has 1 aliphatic rings. The number of nitrogens with zero attached hydrogens (tertiary/aromatic N) is 1. The van der Waals surface area contributed by atoms with Crippen molar-refractivity contribution in [3.05, 3.63) is 29.8 Å². The van der Waals surface area contributed by atoms with Gasteiger partial charge in [0.2, 0.25) is 0 Å². The zero-order chi connectivity index (χ0) is 14.0. The number of hydrogen-bond acceptors (Lipinski definition) is 2. The number of amides is 1. The Morgan fingerprint density at radius 2 is 2.11 bits per heavy atom. The average Bonchev–Trinajstić information content (AvgIpc) is 2.63. The molecule has 1 aliphatic heterocycles. The number of rotatable bonds is 3. The van der Waals surface area contributed by atoms with Crippen LogP contribution in [0.3, 0.4) is 0 Å². The van der Waals surface area contributed by atoms with Crippen molar-refractivity contribution in [3.63, 3.8) is 0 Å². The van der Waals surface area contributed by atoms with Crippen LogP contribution in [0.2, 0.25) is 0 Å². The van der Waals surface area contributed by atoms with Gasteiger partial charge in [0.1, 0.15) is 13.2 Å². The van der Waals surface area contributed by atoms with Crippen LogP contribution in [0.5, 0.6) is 0 Å². The molecule has 0 saturated carbocycles. The van der Waals surface area contributed by atoms with Crippen LogP contribution in [0.4, 0.5) is 18.9 Å². The SMILES string of the molecule is CC1Cc2ccccc2N1C(=O)COCC(F)(F)F. The van der Waals surface area contributed by atoms with Crippen LogP contribution in [-0.4, -0.2) is 31.3 Å². The summed E-state index contributed by atoms with van der Waals surface area (Å²) in [7, 11) is 0. The van der Waals surface area contributed by atoms with Gasteiger partial charge in [-0.15, -0.1) is 0 Å². The van der Waals surface area contributed by atoms with E-state index in [1.807, 2.05) is 19.1 Å². The van der Waals surface area contributed by atoms with Crippen molar-refractivity contribution in [1.29, 1.82) is 0 Å². The summed E-state index contributed by atoms with van der Waals surface area (Å²) < 4.78 is 40.3. The zero-order valence-corrected chi connectivity index (χ0v) is 10.4. The summed E-state index contributed by atoms with van der Waals surface area (Å²) in [5, 5.41) is 0. The number of para-hydroxylation sites is 1. The van der Waals surface area contributed by atoms with E-state index in [1.54, 1.807) is 12.1 Å². The minimum atomic E-state index is -4.41. The molecule has 1 heterocycles. The molecule has 0 fully saturated rings. The van der Waals surface area contributed by atoms with E-state index in [0.717, 1.165) is 11.3 Å². The molecular formula is C13H14F3NO2. The van der Waals surface area contributed by atoms with Crippen molar-refractivity contribution in [2.75, 3.05) is 18.1 Å². The number of carbonyl (C=O) groups is 1. The molecule has 1 unspecified atom stereocenters. The van der Waals surface area contributed by atoms with Gasteiger partial charge in [-0.05, 0) is 25.0 Å². The van der Waals surface area contributed by atoms with Crippen LogP contribution >= 0.6 is 0 Å². The van der Waals surface area contributed by atoms with Gasteiger partial charge in [-0.3, -0.25) is 4.79 Å². The second-order valence-corrected chi connectivity index (χ2v) is 4.55. The molecule has 0 aromatic heterocycles. The first-order chi connectivity index (χ1) is 8.88. The Labute approximate surface area is 109 Å². The Balaban J connectivity index is 2.00. The summed E-state index contributed by atoms with van der Waals surface area (Å²) >= 11 is 0. The lowest BCUT2D eigenvalue weighted by Gasteiger charge is -2.22. The first-order valence-electron chi connectivity index (χ1n) is 5.93. The highest BCUT2D eigenvalue weighted by Gasteiger charge is 2.32. The summed E-state index contributed by atoms with van der Waals surface area (Å²) in [6.45, 7) is -0.0948. The molecule has 2 rings (SSSR count). The highest BCUT2D eigenvalue weighted by Crippen LogP contribution is 2.31. The van der Waals surface area contributed by atoms with Crippen LogP contribution < -0.4 is 4.90 Å². The van der Waals surface area contributed by atoms with E-state index in [-0.39, 0.29) is 6.04 Å². The number of anilines is 1. The number of ether oxygens (including phenoxy) is 1. The van der Waals surface area contributed by atoms with Crippen molar-refractivity contribution in [2.45, 2.75) is 25.6 Å². The highest BCUT2D eigenvalue weighted by atomic mass is 19.4. The second-order valence-electron chi connectivity index (χ2n) is 4.55. The Kier molecular flexibility index (Phi) is 3.80. The number of fused-ring (bicyclic) bond motifs is 1. The van der Waals surface area contributed by atoms with Gasteiger partial charge >= 0.3 is 6.18 Å². The predicted octanol–water partition coefficient (Wildman–Crippen LogP) is 2.54. The minimum absolute atomic E-state index is 0.0561. The average molecular weight is 273 g/mol. The molecule has 0 N–H and O–H groups in total. The van der Waals surface area contributed by atoms with E-state index in [2.05, 4.69) is 4.74 Å². The van der Waals surface area contributed by atoms with Crippen LogP contribution in [0, 0.1) is 0 Å². The lowest BCUT2D eigenvalue weighted by molar-refractivity contribution is -0.175. The Morgan fingerprint density at radius 3 is 2.79 bits per heavy atom. The molecule has 3 nitrogen and oxygen atoms in total. The topological polar surface area (TPSA) is 29.5 Å². The number of alkyl halides is 3. The number of hydrogen-bond donors (Lipinski definition) is 0. The zero-order valence-electron chi connectivity index (χ0n) is 10.4. The summed E-state index contributed by atoms with van der Waals surface area (Å²) in [5.41, 5.74) is 1.79. The standard InChI is InChI=1S/C13H14F3NO2/c1-9-6-10-4-2-3-5-11(10)17(9)12(18)7-19-8-13(14,15)16/h2-5,9H,6-8H2,1H3. The van der Waals surface area contributed by atoms with Crippen LogP contribution in [0.1, 0.15) is 12.5 Å². The Hall–Kier alpha value is -1.56. The maximum Gasteiger partial charge on any atom is 0.411 e. The fourth-order valence-corrected chi connectivity index (χ4v) is 2.27. The Bertz CT molecular complexity index is 473. The molecule has 1 aromatic carbocycles. The highest BCUT2D eigenvalue weighted by molar-refractivity contribution is 5.97. The van der Waals surface area contributed by atoms with Crippen molar-refractivity contribution in [2.24, 2.45) is 0 Å². The molecule has 104 valence electrons. The maximum absolute atomic E-state index is 11.9. The molecule has 0 saturated heterocycles. The third-order valence-electron chi connectivity index (χ3n) is 2.97. The van der Waals surface area contributed by atoms with E-state index in [0.29, 0.717) is 6.42 Å². The molecular weight excluding hydrogens is 259 g/mol. The summed E-state index contributed by atoms with van der Waals surface area (Å²) in [5.74, 6) is -0.443. The van der Waals surface area contributed by atoms with Crippen molar-refractivity contribution < 1.29 is 22.7 Å². The molecule has 19 heavy (non-hydrogen) atoms. The van der Waals surface area contributed by atoms with Gasteiger partial charge in [-0.2, -0.15) is 13.2 Å². The first kappa shape index (κ1) is 13.9. The summed E-state index contributed by atoms with van der Waals surface area (Å²) in [6.07, 6.45) is -3.70.